The molecule has 4 N–H and O–H groups in total. The number of aliphatic hydroxyl groups is 4. The lowest BCUT2D eigenvalue weighted by Gasteiger charge is -2.39. The maximum atomic E-state index is 10.4. The van der Waals surface area contributed by atoms with Crippen molar-refractivity contribution in [2.24, 2.45) is 0 Å². The van der Waals surface area contributed by atoms with Crippen LogP contribution in [-0.4, -0.2) is 73.6 Å². The highest BCUT2D eigenvalue weighted by Gasteiger charge is 2.45. The van der Waals surface area contributed by atoms with Crippen LogP contribution in [0.1, 0.15) is 58.6 Å². The van der Waals surface area contributed by atoms with E-state index >= 15 is 0 Å². The van der Waals surface area contributed by atoms with Crippen LogP contribution in [0.3, 0.4) is 0 Å². The van der Waals surface area contributed by atoms with E-state index in [1.165, 1.54) is 12.1 Å². The van der Waals surface area contributed by atoms with Gasteiger partial charge in [0.05, 0.1) is 12.7 Å². The van der Waals surface area contributed by atoms with E-state index in [1.807, 2.05) is 20.8 Å². The minimum absolute atomic E-state index is 0.0478. The minimum atomic E-state index is -2.84. The Morgan fingerprint density at radius 2 is 1.81 bits per heavy atom. The van der Waals surface area contributed by atoms with Crippen molar-refractivity contribution in [1.82, 2.24) is 9.78 Å². The summed E-state index contributed by atoms with van der Waals surface area (Å²) in [5.41, 5.74) is 2.12. The first-order valence-electron chi connectivity index (χ1n) is 13.3. The Bertz CT molecular complexity index is 1060. The van der Waals surface area contributed by atoms with Gasteiger partial charge in [-0.1, -0.05) is 12.1 Å². The lowest BCUT2D eigenvalue weighted by atomic mass is 9.99. The molecule has 1 aromatic heterocycles. The third-order valence-electron chi connectivity index (χ3n) is 5.36. The average molecular weight is 457 g/mol. The number of rotatable bonds is 8. The molecular weight excluding hydrogens is 416 g/mol. The molecule has 0 amide bonds. The van der Waals surface area contributed by atoms with Crippen LogP contribution in [0.5, 0.6) is 11.6 Å². The Labute approximate surface area is 196 Å². The first-order valence-corrected chi connectivity index (χ1v) is 10.3. The molecule has 9 nitrogen and oxygen atoms in total. The van der Waals surface area contributed by atoms with Crippen LogP contribution in [0.15, 0.2) is 24.3 Å². The molecule has 2 heterocycles. The van der Waals surface area contributed by atoms with E-state index in [0.717, 1.165) is 11.3 Å². The summed E-state index contributed by atoms with van der Waals surface area (Å²) in [5.74, 6) is 0.198. The van der Waals surface area contributed by atoms with Gasteiger partial charge >= 0.3 is 0 Å². The van der Waals surface area contributed by atoms with Crippen molar-refractivity contribution in [3.8, 4) is 11.6 Å². The zero-order valence-corrected chi connectivity index (χ0v) is 18.2. The molecule has 1 fully saturated rings. The van der Waals surface area contributed by atoms with Crippen molar-refractivity contribution in [3.63, 3.8) is 0 Å². The number of aromatic nitrogens is 2. The molecule has 32 heavy (non-hydrogen) atoms. The second kappa shape index (κ2) is 10.2. The van der Waals surface area contributed by atoms with Crippen LogP contribution in [-0.2, 0) is 11.2 Å². The molecule has 1 aliphatic heterocycles. The molecule has 2 aromatic rings. The normalized spacial score (nSPS) is 29.6. The van der Waals surface area contributed by atoms with E-state index in [0.29, 0.717) is 5.56 Å². The summed E-state index contributed by atoms with van der Waals surface area (Å²) in [4.78, 5) is 0. The van der Waals surface area contributed by atoms with E-state index < -0.39 is 57.1 Å². The van der Waals surface area contributed by atoms with Crippen LogP contribution in [0.4, 0.5) is 0 Å². The highest BCUT2D eigenvalue weighted by molar-refractivity contribution is 5.38. The maximum absolute atomic E-state index is 10.4. The predicted octanol–water partition coefficient (Wildman–Crippen LogP) is 1.33. The van der Waals surface area contributed by atoms with Gasteiger partial charge in [-0.3, -0.25) is 4.68 Å². The second-order valence-electron chi connectivity index (χ2n) is 8.04. The molecule has 1 aromatic carbocycles. The quantitative estimate of drug-likeness (QED) is 0.469. The zero-order valence-electron chi connectivity index (χ0n) is 24.2. The van der Waals surface area contributed by atoms with E-state index in [2.05, 4.69) is 5.10 Å². The molecule has 9 heteroatoms. The highest BCUT2D eigenvalue weighted by atomic mass is 16.7. The molecule has 0 radical (unpaired) electrons. The standard InChI is InChI=1S/C23H34N2O7/c1-12(2)25-14(5)17(10-15-6-8-16(9-7-15)30-13(3)4)22(24-25)32-23-21(29)20(28)19(27)18(11-26)31-23/h6-9,12-13,18-21,23,26-29H,10-11H2,1-5H3/t18-,19-,20+,21-,23+/m1/s1/i3D3,4D3. The van der Waals surface area contributed by atoms with Crippen molar-refractivity contribution in [2.45, 2.75) is 83.7 Å². The number of hydrogen-bond donors (Lipinski definition) is 4. The largest absolute Gasteiger partial charge is 0.491 e. The van der Waals surface area contributed by atoms with Gasteiger partial charge in [0.15, 0.2) is 0 Å². The number of ether oxygens (including phenoxy) is 3. The third kappa shape index (κ3) is 5.24. The van der Waals surface area contributed by atoms with Gasteiger partial charge in [0.1, 0.15) is 30.2 Å². The summed E-state index contributed by atoms with van der Waals surface area (Å²) in [6.45, 7) is -0.626. The smallest absolute Gasteiger partial charge is 0.239 e. The summed E-state index contributed by atoms with van der Waals surface area (Å²) < 4.78 is 63.3. The maximum Gasteiger partial charge on any atom is 0.239 e. The van der Waals surface area contributed by atoms with Crippen molar-refractivity contribution < 1.29 is 42.9 Å². The summed E-state index contributed by atoms with van der Waals surface area (Å²) in [6, 6.07) is 6.19. The van der Waals surface area contributed by atoms with Gasteiger partial charge in [0.25, 0.3) is 0 Å². The van der Waals surface area contributed by atoms with Gasteiger partial charge < -0.3 is 34.6 Å². The third-order valence-corrected chi connectivity index (χ3v) is 5.36. The van der Waals surface area contributed by atoms with Crippen molar-refractivity contribution in [2.75, 3.05) is 6.61 Å². The van der Waals surface area contributed by atoms with Crippen LogP contribution < -0.4 is 9.47 Å². The minimum Gasteiger partial charge on any atom is -0.491 e. The van der Waals surface area contributed by atoms with E-state index in [4.69, 9.17) is 22.4 Å². The summed E-state index contributed by atoms with van der Waals surface area (Å²) >= 11 is 0. The SMILES string of the molecule is [2H]C([2H])([2H])C(Oc1ccc(Cc2c(O[C@@H]3O[C@H](CO)[C@@H](O)[C@H](O)[C@H]3O)nn(C(C)C)c2C)cc1)C([2H])([2H])[2H]. The van der Waals surface area contributed by atoms with Crippen molar-refractivity contribution in [1.29, 1.82) is 0 Å². The fourth-order valence-electron chi connectivity index (χ4n) is 3.63. The average Bonchev–Trinajstić information content (AvgIpc) is 3.12. The van der Waals surface area contributed by atoms with Crippen molar-refractivity contribution >= 4 is 0 Å². The summed E-state index contributed by atoms with van der Waals surface area (Å²) in [6.07, 6.45) is -8.99. The molecule has 0 aliphatic carbocycles. The van der Waals surface area contributed by atoms with Crippen LogP contribution in [0.2, 0.25) is 0 Å². The van der Waals surface area contributed by atoms with Crippen molar-refractivity contribution in [3.05, 3.63) is 41.1 Å². The molecule has 5 atom stereocenters. The first-order chi connectivity index (χ1) is 17.5. The summed E-state index contributed by atoms with van der Waals surface area (Å²) in [7, 11) is 0. The van der Waals surface area contributed by atoms with E-state index in [-0.39, 0.29) is 24.1 Å². The van der Waals surface area contributed by atoms with Gasteiger partial charge in [0, 0.05) is 31.9 Å². The van der Waals surface area contributed by atoms with Gasteiger partial charge in [-0.2, -0.15) is 0 Å². The first kappa shape index (κ1) is 17.3. The molecule has 0 spiro atoms. The Morgan fingerprint density at radius 3 is 2.41 bits per heavy atom. The Hall–Kier alpha value is -2.17. The van der Waals surface area contributed by atoms with Crippen LogP contribution >= 0.6 is 0 Å². The predicted molar refractivity (Wildman–Crippen MR) is 117 cm³/mol. The second-order valence-corrected chi connectivity index (χ2v) is 8.04. The molecular formula is C23H34N2O7. The van der Waals surface area contributed by atoms with E-state index in [9.17, 15) is 20.4 Å². The van der Waals surface area contributed by atoms with Gasteiger partial charge in [0.2, 0.25) is 12.2 Å². The topological polar surface area (TPSA) is 126 Å². The summed E-state index contributed by atoms with van der Waals surface area (Å²) in [5, 5.41) is 44.5. The van der Waals surface area contributed by atoms with Gasteiger partial charge in [-0.25, -0.2) is 0 Å². The molecule has 1 aliphatic rings. The van der Waals surface area contributed by atoms with Crippen LogP contribution in [0, 0.1) is 6.92 Å². The molecule has 0 unspecified atom stereocenters. The molecule has 0 bridgehead atoms. The number of hydrogen-bond acceptors (Lipinski definition) is 8. The Morgan fingerprint density at radius 1 is 1.12 bits per heavy atom. The van der Waals surface area contributed by atoms with E-state index in [1.54, 1.807) is 16.8 Å². The number of benzene rings is 1. The Kier molecular flexibility index (Phi) is 5.51. The Balaban J connectivity index is 1.85. The zero-order chi connectivity index (χ0) is 28.6. The lowest BCUT2D eigenvalue weighted by Crippen LogP contribution is -2.60. The molecule has 1 saturated heterocycles. The molecule has 178 valence electrons. The molecule has 0 saturated carbocycles. The number of nitrogens with zero attached hydrogens (tertiary/aromatic N) is 2. The fraction of sp³-hybridized carbons (Fsp3) is 0.609. The highest BCUT2D eigenvalue weighted by Crippen LogP contribution is 2.31. The van der Waals surface area contributed by atoms with Crippen LogP contribution in [0.25, 0.3) is 0 Å². The number of aliphatic hydroxyl groups excluding tert-OH is 4. The van der Waals surface area contributed by atoms with Gasteiger partial charge in [-0.05, 0) is 52.2 Å². The molecule has 3 rings (SSSR count). The van der Waals surface area contributed by atoms with Gasteiger partial charge in [-0.15, -0.1) is 5.10 Å². The monoisotopic (exact) mass is 456 g/mol. The fourth-order valence-corrected chi connectivity index (χ4v) is 3.63. The lowest BCUT2D eigenvalue weighted by molar-refractivity contribution is -0.278.